The van der Waals surface area contributed by atoms with E-state index in [1.165, 1.54) is 49.9 Å². The summed E-state index contributed by atoms with van der Waals surface area (Å²) < 4.78 is 0. The molecular formula is C35H42N4O7S. The number of anilines is 2. The van der Waals surface area contributed by atoms with Crippen molar-refractivity contribution >= 4 is 45.4 Å². The van der Waals surface area contributed by atoms with Gasteiger partial charge in [0.2, 0.25) is 5.91 Å². The fraction of sp³-hybridized carbons (Fsp3) is 0.600. The first-order chi connectivity index (χ1) is 22.3. The number of benzene rings is 1. The highest BCUT2D eigenvalue weighted by Crippen LogP contribution is 2.61. The summed E-state index contributed by atoms with van der Waals surface area (Å²) in [5.41, 5.74) is 7.51. The van der Waals surface area contributed by atoms with Gasteiger partial charge in [-0.05, 0) is 87.9 Å². The summed E-state index contributed by atoms with van der Waals surface area (Å²) in [5, 5.41) is 52.2. The molecule has 0 aliphatic heterocycles. The third kappa shape index (κ3) is 4.33. The van der Waals surface area contributed by atoms with Crippen molar-refractivity contribution in [1.82, 2.24) is 9.88 Å². The van der Waals surface area contributed by atoms with Crippen molar-refractivity contribution in [3.8, 4) is 5.75 Å². The smallest absolute Gasteiger partial charge is 0.230 e. The van der Waals surface area contributed by atoms with E-state index in [0.717, 1.165) is 23.4 Å². The highest BCUT2D eigenvalue weighted by atomic mass is 32.1. The van der Waals surface area contributed by atoms with Gasteiger partial charge >= 0.3 is 0 Å². The largest absolute Gasteiger partial charge is 0.507 e. The average Bonchev–Trinajstić information content (AvgIpc) is 3.47. The second-order valence-corrected chi connectivity index (χ2v) is 16.4. The summed E-state index contributed by atoms with van der Waals surface area (Å²) in [6.07, 6.45) is 4.74. The molecule has 7 N–H and O–H groups in total. The number of phenolic OH excluding ortho intramolecular Hbond substituents is 1. The SMILES string of the molecule is CC1c2ccc(Nc3nc(C45CC6CC(CC(C6)C4)C5)cs3)c(O)c2C(O)=C2C(=O)C3C(=O)C(C(N)=O)C(O)C(N(C)C)C3C(O)C21. The molecule has 6 saturated carbocycles. The number of primary amides is 1. The Labute approximate surface area is 276 Å². The van der Waals surface area contributed by atoms with Gasteiger partial charge in [0.1, 0.15) is 17.4 Å². The number of nitrogens with zero attached hydrogens (tertiary/aromatic N) is 2. The van der Waals surface area contributed by atoms with Crippen LogP contribution in [0.5, 0.6) is 5.75 Å². The van der Waals surface area contributed by atoms with Crippen molar-refractivity contribution in [1.29, 1.82) is 0 Å². The number of aliphatic hydroxyl groups is 3. The normalized spacial score (nSPS) is 40.3. The fourth-order valence-electron chi connectivity index (χ4n) is 11.2. The molecule has 11 nitrogen and oxygen atoms in total. The Hall–Kier alpha value is -3.32. The number of phenols is 1. The van der Waals surface area contributed by atoms with Gasteiger partial charge < -0.3 is 36.4 Å². The second-order valence-electron chi connectivity index (χ2n) is 15.5. The molecule has 8 atom stereocenters. The summed E-state index contributed by atoms with van der Waals surface area (Å²) in [4.78, 5) is 46.7. The Balaban J connectivity index is 1.14. The molecule has 12 heteroatoms. The third-order valence-corrected chi connectivity index (χ3v) is 13.4. The number of likely N-dealkylation sites (N-methyl/N-ethyl adjacent to an activating group) is 1. The van der Waals surface area contributed by atoms with Gasteiger partial charge in [0.15, 0.2) is 16.7 Å². The number of aliphatic hydroxyl groups excluding tert-OH is 3. The molecule has 7 aliphatic carbocycles. The zero-order valence-electron chi connectivity index (χ0n) is 26.7. The minimum Gasteiger partial charge on any atom is -0.507 e. The van der Waals surface area contributed by atoms with E-state index in [-0.39, 0.29) is 22.3 Å². The summed E-state index contributed by atoms with van der Waals surface area (Å²) in [7, 11) is 3.28. The number of hydrogen-bond donors (Lipinski definition) is 6. The van der Waals surface area contributed by atoms with E-state index in [4.69, 9.17) is 10.7 Å². The number of hydrogen-bond acceptors (Lipinski definition) is 11. The average molecular weight is 663 g/mol. The van der Waals surface area contributed by atoms with E-state index in [2.05, 4.69) is 10.7 Å². The van der Waals surface area contributed by atoms with Crippen LogP contribution in [0, 0.1) is 41.4 Å². The Bertz CT molecular complexity index is 1700. The number of ketones is 2. The van der Waals surface area contributed by atoms with Gasteiger partial charge in [-0.1, -0.05) is 13.0 Å². The molecule has 1 heterocycles. The molecule has 9 rings (SSSR count). The first-order valence-electron chi connectivity index (χ1n) is 16.7. The van der Waals surface area contributed by atoms with Crippen LogP contribution in [0.2, 0.25) is 0 Å². The highest BCUT2D eigenvalue weighted by molar-refractivity contribution is 7.13. The van der Waals surface area contributed by atoms with Gasteiger partial charge in [0.25, 0.3) is 0 Å². The molecule has 1 amide bonds. The minimum absolute atomic E-state index is 0.0597. The number of Topliss-reactive ketones (excluding diaryl/α,β-unsaturated/α-hetero) is 2. The van der Waals surface area contributed by atoms with Crippen LogP contribution in [0.15, 0.2) is 23.1 Å². The van der Waals surface area contributed by atoms with E-state index >= 15 is 0 Å². The number of carbonyl (C=O) groups is 3. The van der Waals surface area contributed by atoms with Crippen LogP contribution in [0.25, 0.3) is 5.76 Å². The lowest BCUT2D eigenvalue weighted by Crippen LogP contribution is -2.68. The van der Waals surface area contributed by atoms with Crippen LogP contribution >= 0.6 is 11.3 Å². The van der Waals surface area contributed by atoms with Crippen molar-refractivity contribution in [3.63, 3.8) is 0 Å². The van der Waals surface area contributed by atoms with Gasteiger partial charge in [-0.25, -0.2) is 4.98 Å². The Kier molecular flexibility index (Phi) is 6.98. The van der Waals surface area contributed by atoms with Crippen LogP contribution in [0.3, 0.4) is 0 Å². The molecule has 4 bridgehead atoms. The number of amides is 1. The zero-order chi connectivity index (χ0) is 33.3. The number of carbonyl (C=O) groups excluding carboxylic acids is 3. The van der Waals surface area contributed by atoms with Crippen LogP contribution in [-0.4, -0.2) is 80.1 Å². The standard InChI is InChI=1S/C35H42N4O7S/c1-13-17-4-5-18(37-34-38-19(12-47-34)35-9-14-6-15(10-35)8-16(7-14)11-35)27(40)21(17)29(42)23-20(13)28(41)22-24(30(23)43)31(44)25(33(36)46)32(45)26(22)39(2)3/h4-5,12-16,20,22,24-26,28,32,40-42,45H,6-11H2,1-3H3,(H2,36,46)(H,37,38). The first-order valence-corrected chi connectivity index (χ1v) is 17.6. The van der Waals surface area contributed by atoms with E-state index in [0.29, 0.717) is 16.4 Å². The predicted octanol–water partition coefficient (Wildman–Crippen LogP) is 3.21. The monoisotopic (exact) mass is 662 g/mol. The van der Waals surface area contributed by atoms with Crippen LogP contribution in [0.4, 0.5) is 10.8 Å². The highest BCUT2D eigenvalue weighted by Gasteiger charge is 2.63. The summed E-state index contributed by atoms with van der Waals surface area (Å²) >= 11 is 1.48. The van der Waals surface area contributed by atoms with E-state index in [1.807, 2.05) is 0 Å². The van der Waals surface area contributed by atoms with Crippen LogP contribution in [0.1, 0.15) is 68.2 Å². The number of thiazole rings is 1. The lowest BCUT2D eigenvalue weighted by molar-refractivity contribution is -0.166. The summed E-state index contributed by atoms with van der Waals surface area (Å²) in [6.45, 7) is 1.80. The Morgan fingerprint density at radius 1 is 1.04 bits per heavy atom. The van der Waals surface area contributed by atoms with Crippen LogP contribution in [-0.2, 0) is 19.8 Å². The number of nitrogens with one attached hydrogen (secondary N) is 1. The molecule has 7 aliphatic rings. The summed E-state index contributed by atoms with van der Waals surface area (Å²) in [5.74, 6) is -6.70. The predicted molar refractivity (Wildman–Crippen MR) is 174 cm³/mol. The van der Waals surface area contributed by atoms with E-state index in [9.17, 15) is 34.8 Å². The fourth-order valence-corrected chi connectivity index (χ4v) is 12.0. The maximum atomic E-state index is 14.2. The van der Waals surface area contributed by atoms with Gasteiger partial charge in [-0.15, -0.1) is 11.3 Å². The lowest BCUT2D eigenvalue weighted by atomic mass is 9.49. The molecule has 8 unspecified atom stereocenters. The number of aromatic hydroxyl groups is 1. The van der Waals surface area contributed by atoms with Crippen molar-refractivity contribution < 1.29 is 34.8 Å². The summed E-state index contributed by atoms with van der Waals surface area (Å²) in [6, 6.07) is 2.55. The molecule has 2 aromatic rings. The maximum Gasteiger partial charge on any atom is 0.230 e. The number of fused-ring (bicyclic) bond motifs is 3. The third-order valence-electron chi connectivity index (χ3n) is 12.7. The van der Waals surface area contributed by atoms with E-state index in [1.54, 1.807) is 38.1 Å². The Morgan fingerprint density at radius 3 is 2.28 bits per heavy atom. The first kappa shape index (κ1) is 31.0. The minimum atomic E-state index is -1.64. The number of rotatable bonds is 5. The molecule has 47 heavy (non-hydrogen) atoms. The number of nitrogens with two attached hydrogens (primary N) is 1. The topological polar surface area (TPSA) is 186 Å². The van der Waals surface area contributed by atoms with Crippen molar-refractivity contribution in [3.05, 3.63) is 39.9 Å². The van der Waals surface area contributed by atoms with Gasteiger partial charge in [-0.3, -0.25) is 14.4 Å². The molecule has 1 aromatic heterocycles. The molecule has 6 fully saturated rings. The lowest BCUT2D eigenvalue weighted by Gasteiger charge is -2.56. The molecule has 250 valence electrons. The second kappa shape index (κ2) is 10.6. The Morgan fingerprint density at radius 2 is 1.68 bits per heavy atom. The van der Waals surface area contributed by atoms with Crippen molar-refractivity contribution in [2.75, 3.05) is 19.4 Å². The quantitative estimate of drug-likeness (QED) is 0.205. The van der Waals surface area contributed by atoms with Gasteiger partial charge in [0.05, 0.1) is 35.1 Å². The van der Waals surface area contributed by atoms with Gasteiger partial charge in [0, 0.05) is 34.2 Å². The molecule has 0 spiro atoms. The molecule has 0 radical (unpaired) electrons. The van der Waals surface area contributed by atoms with Crippen molar-refractivity contribution in [2.24, 2.45) is 47.2 Å². The number of aromatic nitrogens is 1. The molecule has 0 saturated heterocycles. The van der Waals surface area contributed by atoms with Crippen LogP contribution < -0.4 is 11.1 Å². The molecule has 1 aromatic carbocycles. The molecular weight excluding hydrogens is 620 g/mol. The van der Waals surface area contributed by atoms with Crippen molar-refractivity contribution in [2.45, 2.75) is 75.0 Å². The zero-order valence-corrected chi connectivity index (χ0v) is 27.5. The van der Waals surface area contributed by atoms with E-state index < -0.39 is 71.1 Å². The maximum absolute atomic E-state index is 14.2. The van der Waals surface area contributed by atoms with Gasteiger partial charge in [-0.2, -0.15) is 0 Å².